The zero-order chi connectivity index (χ0) is 39.4. The van der Waals surface area contributed by atoms with Gasteiger partial charge in [-0.15, -0.1) is 0 Å². The molecule has 0 bridgehead atoms. The number of hydrogen-bond acceptors (Lipinski definition) is 6. The lowest BCUT2D eigenvalue weighted by molar-refractivity contribution is -0.167. The summed E-state index contributed by atoms with van der Waals surface area (Å²) in [6.45, 7) is 6.63. The van der Waals surface area contributed by atoms with Gasteiger partial charge in [0.2, 0.25) is 0 Å². The van der Waals surface area contributed by atoms with Gasteiger partial charge in [0.25, 0.3) is 0 Å². The second kappa shape index (κ2) is 44.1. The summed E-state index contributed by atoms with van der Waals surface area (Å²) in [5.74, 6) is -0.854. The Bertz CT molecular complexity index is 798. The molecule has 6 heteroatoms. The molecule has 0 saturated heterocycles. The number of carbonyl (C=O) groups is 3. The monoisotopic (exact) mass is 765 g/mol. The van der Waals surface area contributed by atoms with Gasteiger partial charge in [0.05, 0.1) is 0 Å². The lowest BCUT2D eigenvalue weighted by Crippen LogP contribution is -2.30. The van der Waals surface area contributed by atoms with Crippen LogP contribution < -0.4 is 0 Å². The minimum Gasteiger partial charge on any atom is -0.462 e. The van der Waals surface area contributed by atoms with Gasteiger partial charge >= 0.3 is 17.9 Å². The normalized spacial score (nSPS) is 11.8. The molecule has 0 radical (unpaired) electrons. The molecule has 0 unspecified atom stereocenters. The van der Waals surface area contributed by atoms with Crippen LogP contribution in [0.3, 0.4) is 0 Å². The van der Waals surface area contributed by atoms with E-state index in [9.17, 15) is 14.4 Å². The topological polar surface area (TPSA) is 78.9 Å². The summed E-state index contributed by atoms with van der Waals surface area (Å²) in [6, 6.07) is 0. The maximum Gasteiger partial charge on any atom is 0.306 e. The van der Waals surface area contributed by atoms with E-state index in [-0.39, 0.29) is 31.1 Å². The van der Waals surface area contributed by atoms with E-state index in [0.29, 0.717) is 19.3 Å². The van der Waals surface area contributed by atoms with Crippen LogP contribution >= 0.6 is 0 Å². The van der Waals surface area contributed by atoms with E-state index in [1.54, 1.807) is 0 Å². The zero-order valence-electron chi connectivity index (χ0n) is 36.5. The Hall–Kier alpha value is -1.59. The fraction of sp³-hybridized carbons (Fsp3) is 0.938. The van der Waals surface area contributed by atoms with Gasteiger partial charge < -0.3 is 14.2 Å². The smallest absolute Gasteiger partial charge is 0.306 e. The molecule has 0 spiro atoms. The summed E-state index contributed by atoms with van der Waals surface area (Å²) < 4.78 is 16.7. The van der Waals surface area contributed by atoms with Gasteiger partial charge in [-0.05, 0) is 19.3 Å². The molecule has 0 rings (SSSR count). The summed E-state index contributed by atoms with van der Waals surface area (Å²) in [6.07, 6.45) is 45.2. The van der Waals surface area contributed by atoms with Crippen molar-refractivity contribution in [3.63, 3.8) is 0 Å². The van der Waals surface area contributed by atoms with Crippen molar-refractivity contribution in [3.05, 3.63) is 0 Å². The Labute approximate surface area is 336 Å². The molecule has 0 aromatic rings. The fourth-order valence-corrected chi connectivity index (χ4v) is 7.21. The maximum atomic E-state index is 12.7. The van der Waals surface area contributed by atoms with E-state index >= 15 is 0 Å². The number of hydrogen-bond donors (Lipinski definition) is 0. The van der Waals surface area contributed by atoms with Crippen LogP contribution in [0, 0.1) is 0 Å². The van der Waals surface area contributed by atoms with Crippen molar-refractivity contribution in [2.75, 3.05) is 13.2 Å². The summed E-state index contributed by atoms with van der Waals surface area (Å²) in [7, 11) is 0. The van der Waals surface area contributed by atoms with Crippen molar-refractivity contribution < 1.29 is 28.6 Å². The first-order valence-electron chi connectivity index (χ1n) is 24.0. The predicted molar refractivity (Wildman–Crippen MR) is 229 cm³/mol. The first-order valence-corrected chi connectivity index (χ1v) is 24.0. The molecule has 54 heavy (non-hydrogen) atoms. The van der Waals surface area contributed by atoms with Gasteiger partial charge in [-0.25, -0.2) is 0 Å². The molecule has 0 heterocycles. The van der Waals surface area contributed by atoms with E-state index in [1.807, 2.05) is 0 Å². The number of unbranched alkanes of at least 4 members (excludes halogenated alkanes) is 33. The molecule has 0 aliphatic heterocycles. The van der Waals surface area contributed by atoms with E-state index < -0.39 is 6.10 Å². The highest BCUT2D eigenvalue weighted by Crippen LogP contribution is 2.16. The van der Waals surface area contributed by atoms with Crippen LogP contribution in [0.1, 0.15) is 271 Å². The van der Waals surface area contributed by atoms with E-state index in [0.717, 1.165) is 57.8 Å². The van der Waals surface area contributed by atoms with Crippen molar-refractivity contribution in [3.8, 4) is 0 Å². The largest absolute Gasteiger partial charge is 0.462 e. The molecule has 0 aliphatic rings. The first-order chi connectivity index (χ1) is 26.5. The SMILES string of the molecule is CCCCCCCCCCCCCCCCCCC(=O)O[C@H](COC(=O)CCCCCCCCC)COC(=O)CCCCCCCCCCCCCCC. The van der Waals surface area contributed by atoms with E-state index in [2.05, 4.69) is 20.8 Å². The van der Waals surface area contributed by atoms with Gasteiger partial charge in [0.1, 0.15) is 13.2 Å². The lowest BCUT2D eigenvalue weighted by Gasteiger charge is -2.18. The molecule has 0 fully saturated rings. The third-order valence-electron chi connectivity index (χ3n) is 10.9. The number of ether oxygens (including phenoxy) is 3. The first kappa shape index (κ1) is 52.4. The standard InChI is InChI=1S/C48H92O6/c1-4-7-10-13-16-18-20-22-23-24-26-28-30-33-36-39-42-48(51)54-45(43-52-46(49)40-37-34-31-15-12-9-6-3)44-53-47(50)41-38-35-32-29-27-25-21-19-17-14-11-8-5-2/h45H,4-44H2,1-3H3/t45-/m1/s1. The molecule has 0 N–H and O–H groups in total. The van der Waals surface area contributed by atoms with Crippen LogP contribution in [0.25, 0.3) is 0 Å². The Morgan fingerprint density at radius 3 is 0.741 bits per heavy atom. The van der Waals surface area contributed by atoms with Gasteiger partial charge in [-0.1, -0.05) is 233 Å². The zero-order valence-corrected chi connectivity index (χ0v) is 36.5. The van der Waals surface area contributed by atoms with Gasteiger partial charge in [-0.3, -0.25) is 14.4 Å². The number of esters is 3. The minimum atomic E-state index is -0.757. The van der Waals surface area contributed by atoms with Crippen molar-refractivity contribution in [2.45, 2.75) is 277 Å². The summed E-state index contributed by atoms with van der Waals surface area (Å²) in [5.41, 5.74) is 0. The van der Waals surface area contributed by atoms with Crippen molar-refractivity contribution >= 4 is 17.9 Å². The van der Waals surface area contributed by atoms with Crippen LogP contribution in [0.15, 0.2) is 0 Å². The Morgan fingerprint density at radius 2 is 0.500 bits per heavy atom. The molecule has 320 valence electrons. The minimum absolute atomic E-state index is 0.0628. The second-order valence-electron chi connectivity index (χ2n) is 16.4. The average Bonchev–Trinajstić information content (AvgIpc) is 3.17. The molecular formula is C48H92O6. The Kier molecular flexibility index (Phi) is 42.8. The van der Waals surface area contributed by atoms with Crippen LogP contribution in [0.4, 0.5) is 0 Å². The van der Waals surface area contributed by atoms with Gasteiger partial charge in [-0.2, -0.15) is 0 Å². The van der Waals surface area contributed by atoms with Crippen LogP contribution in [0.5, 0.6) is 0 Å². The average molecular weight is 765 g/mol. The van der Waals surface area contributed by atoms with Gasteiger partial charge in [0, 0.05) is 19.3 Å². The molecule has 0 saturated carbocycles. The lowest BCUT2D eigenvalue weighted by atomic mass is 10.0. The van der Waals surface area contributed by atoms with Gasteiger partial charge in [0.15, 0.2) is 6.10 Å². The molecule has 0 aromatic heterocycles. The van der Waals surface area contributed by atoms with E-state index in [1.165, 1.54) is 173 Å². The Morgan fingerprint density at radius 1 is 0.296 bits per heavy atom. The summed E-state index contributed by atoms with van der Waals surface area (Å²) >= 11 is 0. The third-order valence-corrected chi connectivity index (χ3v) is 10.9. The quantitative estimate of drug-likeness (QED) is 0.0349. The molecule has 6 nitrogen and oxygen atoms in total. The molecule has 1 atom stereocenters. The highest BCUT2D eigenvalue weighted by molar-refractivity contribution is 5.71. The van der Waals surface area contributed by atoms with Crippen molar-refractivity contribution in [2.24, 2.45) is 0 Å². The number of carbonyl (C=O) groups excluding carboxylic acids is 3. The van der Waals surface area contributed by atoms with Crippen LogP contribution in [-0.2, 0) is 28.6 Å². The van der Waals surface area contributed by atoms with Crippen LogP contribution in [-0.4, -0.2) is 37.2 Å². The molecule has 0 aliphatic carbocycles. The van der Waals surface area contributed by atoms with Crippen molar-refractivity contribution in [1.29, 1.82) is 0 Å². The Balaban J connectivity index is 4.23. The summed E-state index contributed by atoms with van der Waals surface area (Å²) in [4.78, 5) is 37.6. The molecule has 0 aromatic carbocycles. The third kappa shape index (κ3) is 41.6. The molecular weight excluding hydrogens is 673 g/mol. The van der Waals surface area contributed by atoms with Crippen molar-refractivity contribution in [1.82, 2.24) is 0 Å². The van der Waals surface area contributed by atoms with Crippen LogP contribution in [0.2, 0.25) is 0 Å². The summed E-state index contributed by atoms with van der Waals surface area (Å²) in [5, 5.41) is 0. The molecule has 0 amide bonds. The maximum absolute atomic E-state index is 12.7. The highest BCUT2D eigenvalue weighted by Gasteiger charge is 2.19. The predicted octanol–water partition coefficient (Wildman–Crippen LogP) is 15.3. The highest BCUT2D eigenvalue weighted by atomic mass is 16.6. The number of rotatable bonds is 44. The second-order valence-corrected chi connectivity index (χ2v) is 16.4. The van der Waals surface area contributed by atoms with E-state index in [4.69, 9.17) is 14.2 Å². The fourth-order valence-electron chi connectivity index (χ4n) is 7.21.